The molecule has 5 aromatic rings. The van der Waals surface area contributed by atoms with Gasteiger partial charge in [-0.1, -0.05) is 76.9 Å². The molecule has 7 rings (SSSR count). The maximum absolute atomic E-state index is 15.0. The van der Waals surface area contributed by atoms with Gasteiger partial charge in [0, 0.05) is 74.8 Å². The minimum atomic E-state index is -1.20. The molecule has 2 aliphatic rings. The van der Waals surface area contributed by atoms with E-state index in [1.54, 1.807) is 73.1 Å². The van der Waals surface area contributed by atoms with Gasteiger partial charge in [-0.3, -0.25) is 28.9 Å². The number of likely N-dealkylation sites (tertiary alicyclic amines) is 1. The third kappa shape index (κ3) is 14.2. The average molecular weight is 1010 g/mol. The second-order valence-corrected chi connectivity index (χ2v) is 19.4. The molecule has 18 heteroatoms. The number of ether oxygens (including phenoxy) is 2. The molecule has 0 bridgehead atoms. The SMILES string of the molecule is COC[C@@H]1NC(=O)[C@H](C)N(Cc2ccc(Cl)cc2Oc2ccc(-n3cc(CN4CCCC4)nn3)cc2)C(=O)C[C@@H](Cc2ccccc2)C(=O)N(C)[C@@H](C)CNC(=O)C[C@H](Cc2ccc(Cl)cc2)N(C)C1=O. The fourth-order valence-electron chi connectivity index (χ4n) is 8.94. The van der Waals surface area contributed by atoms with Crippen molar-refractivity contribution in [2.24, 2.45) is 5.92 Å². The number of carbonyl (C=O) groups excluding carboxylic acids is 5. The number of hydrogen-bond donors (Lipinski definition) is 2. The van der Waals surface area contributed by atoms with Crippen LogP contribution in [0.2, 0.25) is 10.0 Å². The molecule has 71 heavy (non-hydrogen) atoms. The summed E-state index contributed by atoms with van der Waals surface area (Å²) in [7, 11) is 4.66. The predicted octanol–water partition coefficient (Wildman–Crippen LogP) is 6.50. The van der Waals surface area contributed by atoms with Gasteiger partial charge >= 0.3 is 0 Å². The topological polar surface area (TPSA) is 172 Å². The number of likely N-dealkylation sites (N-methyl/N-ethyl adjacent to an activating group) is 2. The molecule has 5 atom stereocenters. The lowest BCUT2D eigenvalue weighted by molar-refractivity contribution is -0.147. The molecule has 0 unspecified atom stereocenters. The number of halogens is 2. The highest BCUT2D eigenvalue weighted by Crippen LogP contribution is 2.32. The van der Waals surface area contributed by atoms with Crippen LogP contribution in [0.5, 0.6) is 11.5 Å². The summed E-state index contributed by atoms with van der Waals surface area (Å²) in [5, 5.41) is 15.5. The Morgan fingerprint density at radius 3 is 2.15 bits per heavy atom. The molecule has 16 nitrogen and oxygen atoms in total. The molecule has 376 valence electrons. The summed E-state index contributed by atoms with van der Waals surface area (Å²) < 4.78 is 13.7. The minimum Gasteiger partial charge on any atom is -0.457 e. The van der Waals surface area contributed by atoms with Crippen LogP contribution in [0.3, 0.4) is 0 Å². The van der Waals surface area contributed by atoms with Crippen LogP contribution in [-0.4, -0.2) is 136 Å². The van der Waals surface area contributed by atoms with E-state index >= 15 is 4.79 Å². The quantitative estimate of drug-likeness (QED) is 0.133. The molecular formula is C53H63Cl2N9O7. The smallest absolute Gasteiger partial charge is 0.247 e. The van der Waals surface area contributed by atoms with Crippen LogP contribution in [0.4, 0.5) is 0 Å². The van der Waals surface area contributed by atoms with Gasteiger partial charge in [0.1, 0.15) is 23.6 Å². The van der Waals surface area contributed by atoms with Crippen molar-refractivity contribution < 1.29 is 33.4 Å². The molecule has 0 spiro atoms. The summed E-state index contributed by atoms with van der Waals surface area (Å²) in [4.78, 5) is 79.1. The number of carbonyl (C=O) groups is 5. The number of methoxy groups -OCH3 is 1. The Bertz CT molecular complexity index is 2610. The zero-order valence-electron chi connectivity index (χ0n) is 40.9. The summed E-state index contributed by atoms with van der Waals surface area (Å²) in [5.41, 5.74) is 3.88. The summed E-state index contributed by atoms with van der Waals surface area (Å²) in [6, 6.07) is 25.4. The second-order valence-electron chi connectivity index (χ2n) is 18.5. The predicted molar refractivity (Wildman–Crippen MR) is 271 cm³/mol. The van der Waals surface area contributed by atoms with Gasteiger partial charge in [-0.2, -0.15) is 0 Å². The first-order valence-corrected chi connectivity index (χ1v) is 24.8. The second kappa shape index (κ2) is 24.7. The Kier molecular flexibility index (Phi) is 18.2. The van der Waals surface area contributed by atoms with Crippen molar-refractivity contribution >= 4 is 52.7 Å². The van der Waals surface area contributed by atoms with E-state index < -0.39 is 47.8 Å². The van der Waals surface area contributed by atoms with E-state index in [2.05, 4.69) is 25.8 Å². The average Bonchev–Trinajstić information content (AvgIpc) is 4.07. The highest BCUT2D eigenvalue weighted by molar-refractivity contribution is 6.31. The van der Waals surface area contributed by atoms with Crippen molar-refractivity contribution in [3.8, 4) is 17.2 Å². The number of benzene rings is 4. The third-order valence-electron chi connectivity index (χ3n) is 13.3. The van der Waals surface area contributed by atoms with E-state index in [0.29, 0.717) is 33.5 Å². The number of rotatable bonds is 13. The van der Waals surface area contributed by atoms with E-state index in [1.165, 1.54) is 29.8 Å². The fourth-order valence-corrected chi connectivity index (χ4v) is 9.23. The molecule has 2 aliphatic heterocycles. The highest BCUT2D eigenvalue weighted by Gasteiger charge is 2.36. The summed E-state index contributed by atoms with van der Waals surface area (Å²) >= 11 is 12.8. The van der Waals surface area contributed by atoms with Crippen LogP contribution in [0, 0.1) is 5.92 Å². The lowest BCUT2D eigenvalue weighted by Gasteiger charge is -2.35. The highest BCUT2D eigenvalue weighted by atomic mass is 35.5. The molecule has 3 heterocycles. The first-order valence-electron chi connectivity index (χ1n) is 24.0. The van der Waals surface area contributed by atoms with Crippen LogP contribution in [0.25, 0.3) is 5.69 Å². The summed E-state index contributed by atoms with van der Waals surface area (Å²) in [6.07, 6.45) is 4.48. The zero-order chi connectivity index (χ0) is 50.6. The monoisotopic (exact) mass is 1010 g/mol. The Morgan fingerprint density at radius 1 is 0.761 bits per heavy atom. The number of nitrogens with zero attached hydrogens (tertiary/aromatic N) is 7. The molecule has 2 N–H and O–H groups in total. The third-order valence-corrected chi connectivity index (χ3v) is 13.8. The Balaban J connectivity index is 1.20. The van der Waals surface area contributed by atoms with Gasteiger partial charge < -0.3 is 34.8 Å². The van der Waals surface area contributed by atoms with Crippen molar-refractivity contribution in [3.05, 3.63) is 136 Å². The standard InChI is InChI=1S/C53H63Cl2N9O7/c1-35-30-56-49(65)29-45(26-38-13-16-41(54)17-14-38)61(4)53(69)47(34-70-5)57-51(67)36(2)63(50(66)27-40(52(68)60(35)3)25-37-11-7-6-8-12-37)31-39-15-18-42(55)28-48(39)71-46-21-19-44(20-22-46)64-33-43(58-59-64)32-62-23-9-10-24-62/h6-8,11-22,28,33,35-36,40,45,47H,9-10,23-27,29-32,34H2,1-5H3,(H,56,65)(H,57,67)/t35-,36-,40+,45-,47-/m0/s1. The molecule has 2 fully saturated rings. The van der Waals surface area contributed by atoms with E-state index in [1.807, 2.05) is 67.7 Å². The van der Waals surface area contributed by atoms with Gasteiger partial charge in [0.05, 0.1) is 36.6 Å². The molecule has 1 aromatic heterocycles. The molecule has 4 aromatic carbocycles. The van der Waals surface area contributed by atoms with Crippen molar-refractivity contribution in [2.75, 3.05) is 47.4 Å². The van der Waals surface area contributed by atoms with Gasteiger partial charge in [-0.25, -0.2) is 4.68 Å². The number of nitrogens with one attached hydrogen (secondary N) is 2. The first-order chi connectivity index (χ1) is 34.1. The van der Waals surface area contributed by atoms with Crippen LogP contribution < -0.4 is 15.4 Å². The van der Waals surface area contributed by atoms with Crippen molar-refractivity contribution in [1.82, 2.24) is 45.2 Å². The van der Waals surface area contributed by atoms with E-state index in [0.717, 1.165) is 42.1 Å². The van der Waals surface area contributed by atoms with E-state index in [-0.39, 0.29) is 50.8 Å². The lowest BCUT2D eigenvalue weighted by atomic mass is 9.93. The zero-order valence-corrected chi connectivity index (χ0v) is 42.4. The van der Waals surface area contributed by atoms with Crippen LogP contribution in [0.1, 0.15) is 61.9 Å². The molecule has 2 saturated heterocycles. The molecule has 0 saturated carbocycles. The van der Waals surface area contributed by atoms with E-state index in [4.69, 9.17) is 32.7 Å². The molecule has 0 aliphatic carbocycles. The van der Waals surface area contributed by atoms with Gasteiger partial charge in [0.15, 0.2) is 0 Å². The summed E-state index contributed by atoms with van der Waals surface area (Å²) in [6.45, 7) is 6.04. The van der Waals surface area contributed by atoms with Crippen LogP contribution in [-0.2, 0) is 54.6 Å². The van der Waals surface area contributed by atoms with Crippen molar-refractivity contribution in [1.29, 1.82) is 0 Å². The Hall–Kier alpha value is -6.33. The van der Waals surface area contributed by atoms with Crippen molar-refractivity contribution in [3.63, 3.8) is 0 Å². The van der Waals surface area contributed by atoms with Gasteiger partial charge in [0.25, 0.3) is 0 Å². The number of hydrogen-bond acceptors (Lipinski definition) is 10. The molecule has 5 amide bonds. The maximum atomic E-state index is 15.0. The molecule has 0 radical (unpaired) electrons. The normalized spacial score (nSPS) is 21.5. The summed E-state index contributed by atoms with van der Waals surface area (Å²) in [5.74, 6) is -2.30. The largest absolute Gasteiger partial charge is 0.457 e. The van der Waals surface area contributed by atoms with Gasteiger partial charge in [0.2, 0.25) is 29.5 Å². The Labute approximate surface area is 425 Å². The Morgan fingerprint density at radius 2 is 1.45 bits per heavy atom. The van der Waals surface area contributed by atoms with Gasteiger partial charge in [-0.15, -0.1) is 5.10 Å². The number of amides is 5. The maximum Gasteiger partial charge on any atom is 0.247 e. The van der Waals surface area contributed by atoms with Crippen LogP contribution >= 0.6 is 23.2 Å². The van der Waals surface area contributed by atoms with Crippen LogP contribution in [0.15, 0.2) is 103 Å². The number of aromatic nitrogens is 3. The lowest BCUT2D eigenvalue weighted by Crippen LogP contribution is -2.57. The van der Waals surface area contributed by atoms with Crippen molar-refractivity contribution in [2.45, 2.75) is 89.6 Å². The molecular weight excluding hydrogens is 946 g/mol. The first kappa shape index (κ1) is 52.5. The fraction of sp³-hybridized carbons (Fsp3) is 0.415. The minimum absolute atomic E-state index is 0.0739. The van der Waals surface area contributed by atoms with E-state index in [9.17, 15) is 19.2 Å². The van der Waals surface area contributed by atoms with Gasteiger partial charge in [-0.05, 0) is 112 Å².